The Balaban J connectivity index is 1.68. The number of carbonyl (C=O) groups excluding carboxylic acids is 1. The van der Waals surface area contributed by atoms with Crippen LogP contribution >= 0.6 is 0 Å². The molecule has 86 valence electrons. The van der Waals surface area contributed by atoms with E-state index in [0.717, 1.165) is 37.2 Å². The highest BCUT2D eigenvalue weighted by atomic mass is 16.1. The lowest BCUT2D eigenvalue weighted by Crippen LogP contribution is -2.14. The topological polar surface area (TPSA) is 57.8 Å². The fourth-order valence-corrected chi connectivity index (χ4v) is 1.89. The van der Waals surface area contributed by atoms with E-state index in [2.05, 4.69) is 15.5 Å². The number of hydrogen-bond acceptors (Lipinski definition) is 3. The van der Waals surface area contributed by atoms with Crippen LogP contribution in [-0.4, -0.2) is 22.5 Å². The first-order valence-corrected chi connectivity index (χ1v) is 5.72. The van der Waals surface area contributed by atoms with Crippen molar-refractivity contribution in [2.75, 3.05) is 6.54 Å². The van der Waals surface area contributed by atoms with Crippen LogP contribution in [0.2, 0.25) is 0 Å². The fourth-order valence-electron chi connectivity index (χ4n) is 1.89. The molecular weight excluding hydrogens is 202 g/mol. The number of rotatable bonds is 5. The summed E-state index contributed by atoms with van der Waals surface area (Å²) in [7, 11) is 0. The molecule has 0 aromatic carbocycles. The Morgan fingerprint density at radius 3 is 3.00 bits per heavy atom. The van der Waals surface area contributed by atoms with Gasteiger partial charge in [-0.3, -0.25) is 9.89 Å². The van der Waals surface area contributed by atoms with Gasteiger partial charge in [-0.15, -0.1) is 0 Å². The highest BCUT2D eigenvalue weighted by Gasteiger charge is 2.10. The molecule has 16 heavy (non-hydrogen) atoms. The Morgan fingerprint density at radius 2 is 2.38 bits per heavy atom. The van der Waals surface area contributed by atoms with Gasteiger partial charge in [0.25, 0.3) is 0 Å². The van der Waals surface area contributed by atoms with Crippen molar-refractivity contribution in [2.45, 2.75) is 32.6 Å². The Morgan fingerprint density at radius 1 is 1.50 bits per heavy atom. The maximum absolute atomic E-state index is 11.0. The summed E-state index contributed by atoms with van der Waals surface area (Å²) in [4.78, 5) is 11.0. The second kappa shape index (κ2) is 4.96. The number of aromatic nitrogens is 2. The zero-order valence-corrected chi connectivity index (χ0v) is 9.55. The fraction of sp³-hybridized carbons (Fsp3) is 0.500. The SMILES string of the molecule is Cc1[nH]ncc1CCCNC1=CC(=O)CC1. The molecule has 2 N–H and O–H groups in total. The minimum Gasteiger partial charge on any atom is -0.388 e. The smallest absolute Gasteiger partial charge is 0.157 e. The van der Waals surface area contributed by atoms with Crippen molar-refractivity contribution in [3.63, 3.8) is 0 Å². The molecule has 4 heteroatoms. The third-order valence-corrected chi connectivity index (χ3v) is 2.89. The monoisotopic (exact) mass is 219 g/mol. The molecule has 2 rings (SSSR count). The predicted octanol–water partition coefficient (Wildman–Crippen LogP) is 1.49. The van der Waals surface area contributed by atoms with Crippen molar-refractivity contribution in [1.29, 1.82) is 0 Å². The molecule has 0 radical (unpaired) electrons. The Kier molecular flexibility index (Phi) is 3.39. The van der Waals surface area contributed by atoms with E-state index in [9.17, 15) is 4.79 Å². The molecule has 0 saturated heterocycles. The zero-order valence-electron chi connectivity index (χ0n) is 9.55. The molecule has 1 heterocycles. The largest absolute Gasteiger partial charge is 0.388 e. The van der Waals surface area contributed by atoms with Gasteiger partial charge in [0, 0.05) is 30.4 Å². The van der Waals surface area contributed by atoms with Gasteiger partial charge >= 0.3 is 0 Å². The molecule has 0 fully saturated rings. The van der Waals surface area contributed by atoms with Gasteiger partial charge in [0.2, 0.25) is 0 Å². The number of allylic oxidation sites excluding steroid dienone is 2. The number of carbonyl (C=O) groups is 1. The number of hydrogen-bond donors (Lipinski definition) is 2. The van der Waals surface area contributed by atoms with E-state index in [4.69, 9.17) is 0 Å². The van der Waals surface area contributed by atoms with Crippen molar-refractivity contribution in [3.05, 3.63) is 29.2 Å². The lowest BCUT2D eigenvalue weighted by atomic mass is 10.1. The first kappa shape index (κ1) is 10.9. The number of nitrogens with one attached hydrogen (secondary N) is 2. The van der Waals surface area contributed by atoms with E-state index in [1.54, 1.807) is 6.08 Å². The molecule has 0 saturated carbocycles. The number of aryl methyl sites for hydroxylation is 2. The second-order valence-electron chi connectivity index (χ2n) is 4.19. The average Bonchev–Trinajstić information content (AvgIpc) is 2.83. The van der Waals surface area contributed by atoms with Crippen LogP contribution in [0.5, 0.6) is 0 Å². The van der Waals surface area contributed by atoms with Gasteiger partial charge < -0.3 is 5.32 Å². The number of nitrogens with zero attached hydrogens (tertiary/aromatic N) is 1. The minimum absolute atomic E-state index is 0.244. The van der Waals surface area contributed by atoms with Crippen LogP contribution in [0.25, 0.3) is 0 Å². The van der Waals surface area contributed by atoms with E-state index in [1.807, 2.05) is 13.1 Å². The quantitative estimate of drug-likeness (QED) is 0.738. The summed E-state index contributed by atoms with van der Waals surface area (Å²) in [6.07, 6.45) is 7.24. The van der Waals surface area contributed by atoms with Crippen LogP contribution in [0, 0.1) is 6.92 Å². The van der Waals surface area contributed by atoms with Crippen molar-refractivity contribution in [1.82, 2.24) is 15.5 Å². The predicted molar refractivity (Wildman–Crippen MR) is 62.0 cm³/mol. The maximum Gasteiger partial charge on any atom is 0.157 e. The second-order valence-corrected chi connectivity index (χ2v) is 4.19. The van der Waals surface area contributed by atoms with Gasteiger partial charge in [-0.2, -0.15) is 5.10 Å². The van der Waals surface area contributed by atoms with Gasteiger partial charge in [-0.05, 0) is 31.7 Å². The maximum atomic E-state index is 11.0. The molecule has 0 atom stereocenters. The van der Waals surface area contributed by atoms with E-state index in [1.165, 1.54) is 5.56 Å². The Labute approximate surface area is 95.1 Å². The molecule has 0 unspecified atom stereocenters. The van der Waals surface area contributed by atoms with Crippen molar-refractivity contribution < 1.29 is 4.79 Å². The molecule has 1 aliphatic carbocycles. The third-order valence-electron chi connectivity index (χ3n) is 2.89. The number of aromatic amines is 1. The van der Waals surface area contributed by atoms with Gasteiger partial charge in [0.05, 0.1) is 6.20 Å². The normalized spacial score (nSPS) is 15.3. The summed E-state index contributed by atoms with van der Waals surface area (Å²) in [5, 5.41) is 10.2. The zero-order chi connectivity index (χ0) is 11.4. The number of ketones is 1. The summed E-state index contributed by atoms with van der Waals surface area (Å²) in [5.41, 5.74) is 3.52. The summed E-state index contributed by atoms with van der Waals surface area (Å²) >= 11 is 0. The molecule has 0 aliphatic heterocycles. The summed E-state index contributed by atoms with van der Waals surface area (Å²) < 4.78 is 0. The van der Waals surface area contributed by atoms with Crippen LogP contribution in [0.3, 0.4) is 0 Å². The van der Waals surface area contributed by atoms with Gasteiger partial charge in [-0.1, -0.05) is 0 Å². The van der Waals surface area contributed by atoms with Gasteiger partial charge in [0.15, 0.2) is 5.78 Å². The summed E-state index contributed by atoms with van der Waals surface area (Å²) in [5.74, 6) is 0.244. The first-order valence-electron chi connectivity index (χ1n) is 5.72. The first-order chi connectivity index (χ1) is 7.75. The molecule has 0 amide bonds. The number of H-pyrrole nitrogens is 1. The Bertz CT molecular complexity index is 406. The van der Waals surface area contributed by atoms with Crippen LogP contribution in [-0.2, 0) is 11.2 Å². The molecule has 0 spiro atoms. The molecular formula is C12H17N3O. The van der Waals surface area contributed by atoms with Crippen LogP contribution in [0.4, 0.5) is 0 Å². The minimum atomic E-state index is 0.244. The lowest BCUT2D eigenvalue weighted by Gasteiger charge is -2.05. The Hall–Kier alpha value is -1.58. The highest BCUT2D eigenvalue weighted by Crippen LogP contribution is 2.12. The van der Waals surface area contributed by atoms with Gasteiger partial charge in [-0.25, -0.2) is 0 Å². The van der Waals surface area contributed by atoms with Crippen molar-refractivity contribution in [2.24, 2.45) is 0 Å². The van der Waals surface area contributed by atoms with E-state index >= 15 is 0 Å². The van der Waals surface area contributed by atoms with Crippen molar-refractivity contribution >= 4 is 5.78 Å². The summed E-state index contributed by atoms with van der Waals surface area (Å²) in [6.45, 7) is 2.96. The van der Waals surface area contributed by atoms with Crippen molar-refractivity contribution in [3.8, 4) is 0 Å². The average molecular weight is 219 g/mol. The third kappa shape index (κ3) is 2.72. The standard InChI is InChI=1S/C12H17N3O/c1-9-10(8-14-15-9)3-2-6-13-11-4-5-12(16)7-11/h7-8,13H,2-6H2,1H3,(H,14,15). The molecule has 4 nitrogen and oxygen atoms in total. The molecule has 1 aromatic rings. The summed E-state index contributed by atoms with van der Waals surface area (Å²) in [6, 6.07) is 0. The van der Waals surface area contributed by atoms with E-state index in [0.29, 0.717) is 6.42 Å². The molecule has 0 bridgehead atoms. The van der Waals surface area contributed by atoms with Crippen LogP contribution in [0.15, 0.2) is 18.0 Å². The molecule has 1 aromatic heterocycles. The molecule has 1 aliphatic rings. The highest BCUT2D eigenvalue weighted by molar-refractivity contribution is 5.92. The van der Waals surface area contributed by atoms with E-state index in [-0.39, 0.29) is 5.78 Å². The lowest BCUT2D eigenvalue weighted by molar-refractivity contribution is -0.114. The van der Waals surface area contributed by atoms with Gasteiger partial charge in [0.1, 0.15) is 0 Å². The van der Waals surface area contributed by atoms with Crippen LogP contribution < -0.4 is 5.32 Å². The van der Waals surface area contributed by atoms with Crippen LogP contribution in [0.1, 0.15) is 30.5 Å². The van der Waals surface area contributed by atoms with E-state index < -0.39 is 0 Å².